The average molecular weight is 347 g/mol. The van der Waals surface area contributed by atoms with Crippen molar-refractivity contribution in [2.45, 2.75) is 71.9 Å². The molecule has 4 nitrogen and oxygen atoms in total. The standard InChI is InChI=1S/C21H33NO3/c1-7-8-9-17(15-21(5,6)22-19(23)24)14-16-10-12-18(13-11-16)25-20(2,3)4/h8-13,17,22H,7,14-15H2,1-6H3,(H,23,24)/b9-8-/t17-/m0/s1. The van der Waals surface area contributed by atoms with Gasteiger partial charge in [-0.25, -0.2) is 4.79 Å². The molecule has 1 amide bonds. The number of allylic oxidation sites excluding steroid dienone is 2. The maximum absolute atomic E-state index is 11.0. The number of ether oxygens (including phenoxy) is 1. The van der Waals surface area contributed by atoms with Crippen LogP contribution in [0.25, 0.3) is 0 Å². The van der Waals surface area contributed by atoms with Gasteiger partial charge in [0.15, 0.2) is 0 Å². The maximum atomic E-state index is 11.0. The van der Waals surface area contributed by atoms with Gasteiger partial charge in [0.05, 0.1) is 0 Å². The minimum Gasteiger partial charge on any atom is -0.488 e. The molecule has 140 valence electrons. The molecule has 1 rings (SSSR count). The van der Waals surface area contributed by atoms with E-state index in [2.05, 4.69) is 36.5 Å². The van der Waals surface area contributed by atoms with Crippen molar-refractivity contribution < 1.29 is 14.6 Å². The lowest BCUT2D eigenvalue weighted by Crippen LogP contribution is -2.44. The molecule has 0 aliphatic rings. The zero-order chi connectivity index (χ0) is 19.1. The van der Waals surface area contributed by atoms with Crippen molar-refractivity contribution in [1.29, 1.82) is 0 Å². The summed E-state index contributed by atoms with van der Waals surface area (Å²) in [6.07, 6.45) is 5.96. The summed E-state index contributed by atoms with van der Waals surface area (Å²) in [5.74, 6) is 1.14. The molecule has 4 heteroatoms. The van der Waals surface area contributed by atoms with Crippen molar-refractivity contribution in [2.75, 3.05) is 0 Å². The number of hydrogen-bond acceptors (Lipinski definition) is 2. The number of nitrogens with one attached hydrogen (secondary N) is 1. The highest BCUT2D eigenvalue weighted by molar-refractivity contribution is 5.65. The van der Waals surface area contributed by atoms with Crippen molar-refractivity contribution in [3.63, 3.8) is 0 Å². The van der Waals surface area contributed by atoms with Crippen LogP contribution < -0.4 is 10.1 Å². The third-order valence-electron chi connectivity index (χ3n) is 3.71. The zero-order valence-electron chi connectivity index (χ0n) is 16.4. The van der Waals surface area contributed by atoms with E-state index in [4.69, 9.17) is 9.84 Å². The SMILES string of the molecule is CC/C=C\[C@@H](Cc1ccc(OC(C)(C)C)cc1)CC(C)(C)NC(=O)O. The van der Waals surface area contributed by atoms with E-state index in [1.807, 2.05) is 46.8 Å². The van der Waals surface area contributed by atoms with Crippen LogP contribution in [0.3, 0.4) is 0 Å². The summed E-state index contributed by atoms with van der Waals surface area (Å²) in [5.41, 5.74) is 0.544. The van der Waals surface area contributed by atoms with Gasteiger partial charge < -0.3 is 15.2 Å². The molecule has 25 heavy (non-hydrogen) atoms. The highest BCUT2D eigenvalue weighted by atomic mass is 16.5. The number of rotatable bonds is 8. The largest absolute Gasteiger partial charge is 0.488 e. The van der Waals surface area contributed by atoms with Crippen molar-refractivity contribution in [3.05, 3.63) is 42.0 Å². The van der Waals surface area contributed by atoms with Gasteiger partial charge in [-0.15, -0.1) is 0 Å². The van der Waals surface area contributed by atoms with Crippen LogP contribution in [-0.2, 0) is 6.42 Å². The van der Waals surface area contributed by atoms with E-state index in [1.54, 1.807) is 0 Å². The highest BCUT2D eigenvalue weighted by Crippen LogP contribution is 2.24. The number of amides is 1. The first-order valence-corrected chi connectivity index (χ1v) is 8.96. The predicted molar refractivity (Wildman–Crippen MR) is 103 cm³/mol. The van der Waals surface area contributed by atoms with E-state index in [9.17, 15) is 4.79 Å². The second kappa shape index (κ2) is 8.93. The van der Waals surface area contributed by atoms with Gasteiger partial charge in [-0.2, -0.15) is 0 Å². The molecule has 1 aromatic rings. The van der Waals surface area contributed by atoms with Gasteiger partial charge in [0, 0.05) is 5.54 Å². The van der Waals surface area contributed by atoms with Crippen LogP contribution in [0, 0.1) is 5.92 Å². The van der Waals surface area contributed by atoms with E-state index in [1.165, 1.54) is 5.56 Å². The van der Waals surface area contributed by atoms with Crippen molar-refractivity contribution in [2.24, 2.45) is 5.92 Å². The Hall–Kier alpha value is -1.97. The van der Waals surface area contributed by atoms with Crippen molar-refractivity contribution >= 4 is 6.09 Å². The molecule has 0 aliphatic heterocycles. The Kier molecular flexibility index (Phi) is 7.53. The van der Waals surface area contributed by atoms with Crippen LogP contribution in [0.15, 0.2) is 36.4 Å². The molecule has 0 saturated heterocycles. The van der Waals surface area contributed by atoms with Gasteiger partial charge in [0.2, 0.25) is 0 Å². The first kappa shape index (κ1) is 21.1. The molecular weight excluding hydrogens is 314 g/mol. The number of benzene rings is 1. The highest BCUT2D eigenvalue weighted by Gasteiger charge is 2.24. The van der Waals surface area contributed by atoms with Crippen LogP contribution in [0.2, 0.25) is 0 Å². The molecule has 1 aromatic carbocycles. The summed E-state index contributed by atoms with van der Waals surface area (Å²) in [6.45, 7) is 12.0. The Bertz CT molecular complexity index is 568. The quantitative estimate of drug-likeness (QED) is 0.617. The third kappa shape index (κ3) is 9.18. The number of hydrogen-bond donors (Lipinski definition) is 2. The van der Waals surface area contributed by atoms with Gasteiger partial charge in [-0.05, 0) is 77.5 Å². The van der Waals surface area contributed by atoms with Gasteiger partial charge in [-0.3, -0.25) is 0 Å². The van der Waals surface area contributed by atoms with Crippen LogP contribution in [0.4, 0.5) is 4.79 Å². The van der Waals surface area contributed by atoms with E-state index in [0.29, 0.717) is 0 Å². The third-order valence-corrected chi connectivity index (χ3v) is 3.71. The zero-order valence-corrected chi connectivity index (χ0v) is 16.4. The Morgan fingerprint density at radius 1 is 1.20 bits per heavy atom. The Balaban J connectivity index is 2.81. The molecule has 2 N–H and O–H groups in total. The summed E-state index contributed by atoms with van der Waals surface area (Å²) < 4.78 is 5.86. The summed E-state index contributed by atoms with van der Waals surface area (Å²) in [4.78, 5) is 11.0. The first-order valence-electron chi connectivity index (χ1n) is 8.96. The Morgan fingerprint density at radius 3 is 2.28 bits per heavy atom. The van der Waals surface area contributed by atoms with Crippen LogP contribution >= 0.6 is 0 Å². The fraction of sp³-hybridized carbons (Fsp3) is 0.571. The van der Waals surface area contributed by atoms with E-state index in [-0.39, 0.29) is 11.5 Å². The lowest BCUT2D eigenvalue weighted by atomic mass is 9.86. The lowest BCUT2D eigenvalue weighted by molar-refractivity contribution is 0.131. The fourth-order valence-corrected chi connectivity index (χ4v) is 2.88. The van der Waals surface area contributed by atoms with Gasteiger partial charge >= 0.3 is 6.09 Å². The Labute approximate surface area is 152 Å². The molecule has 0 spiro atoms. The molecule has 0 saturated carbocycles. The molecular formula is C21H33NO3. The molecule has 0 fully saturated rings. The van der Waals surface area contributed by atoms with Gasteiger partial charge in [0.1, 0.15) is 11.4 Å². The van der Waals surface area contributed by atoms with E-state index in [0.717, 1.165) is 25.0 Å². The number of carboxylic acid groups (broad SMARTS) is 1. The minimum absolute atomic E-state index is 0.208. The van der Waals surface area contributed by atoms with E-state index >= 15 is 0 Å². The molecule has 1 atom stereocenters. The van der Waals surface area contributed by atoms with Crippen molar-refractivity contribution in [3.8, 4) is 5.75 Å². The topological polar surface area (TPSA) is 58.6 Å². The van der Waals surface area contributed by atoms with Crippen molar-refractivity contribution in [1.82, 2.24) is 5.32 Å². The van der Waals surface area contributed by atoms with Crippen LogP contribution in [0.5, 0.6) is 5.75 Å². The fourth-order valence-electron chi connectivity index (χ4n) is 2.88. The van der Waals surface area contributed by atoms with Crippen LogP contribution in [0.1, 0.15) is 59.9 Å². The minimum atomic E-state index is -0.980. The first-order chi connectivity index (χ1) is 11.5. The normalized spacial score (nSPS) is 13.7. The molecule has 0 aromatic heterocycles. The lowest BCUT2D eigenvalue weighted by Gasteiger charge is -2.28. The molecule has 0 bridgehead atoms. The van der Waals surface area contributed by atoms with Gasteiger partial charge in [0.25, 0.3) is 0 Å². The Morgan fingerprint density at radius 2 is 1.80 bits per heavy atom. The summed E-state index contributed by atoms with van der Waals surface area (Å²) in [6, 6.07) is 8.18. The van der Waals surface area contributed by atoms with E-state index < -0.39 is 11.6 Å². The second-order valence-electron chi connectivity index (χ2n) is 8.18. The smallest absolute Gasteiger partial charge is 0.405 e. The summed E-state index contributed by atoms with van der Waals surface area (Å²) in [5, 5.41) is 11.6. The molecule has 0 aliphatic carbocycles. The second-order valence-corrected chi connectivity index (χ2v) is 8.18. The molecule has 0 radical (unpaired) electrons. The predicted octanol–water partition coefficient (Wildman–Crippen LogP) is 5.43. The number of carbonyl (C=O) groups is 1. The molecule has 0 heterocycles. The maximum Gasteiger partial charge on any atom is 0.405 e. The molecule has 0 unspecified atom stereocenters. The average Bonchev–Trinajstić information content (AvgIpc) is 2.43. The summed E-state index contributed by atoms with van der Waals surface area (Å²) in [7, 11) is 0. The summed E-state index contributed by atoms with van der Waals surface area (Å²) >= 11 is 0. The van der Waals surface area contributed by atoms with Gasteiger partial charge in [-0.1, -0.05) is 31.2 Å². The van der Waals surface area contributed by atoms with Crippen LogP contribution in [-0.4, -0.2) is 22.3 Å². The monoisotopic (exact) mass is 347 g/mol.